The quantitative estimate of drug-likeness (QED) is 0.662. The van der Waals surface area contributed by atoms with Crippen LogP contribution in [0.25, 0.3) is 0 Å². The van der Waals surface area contributed by atoms with E-state index in [2.05, 4.69) is 10.3 Å². The van der Waals surface area contributed by atoms with Crippen molar-refractivity contribution in [3.8, 4) is 0 Å². The zero-order valence-corrected chi connectivity index (χ0v) is 17.1. The zero-order chi connectivity index (χ0) is 21.3. The van der Waals surface area contributed by atoms with Gasteiger partial charge < -0.3 is 10.2 Å². The smallest absolute Gasteiger partial charge is 0.248 e. The fraction of sp³-hybridized carbons (Fsp3) is 0.100. The summed E-state index contributed by atoms with van der Waals surface area (Å²) in [5.41, 5.74) is 0.913. The van der Waals surface area contributed by atoms with E-state index < -0.39 is 28.3 Å². The number of pyridine rings is 1. The van der Waals surface area contributed by atoms with Gasteiger partial charge in [-0.05, 0) is 54.6 Å². The van der Waals surface area contributed by atoms with E-state index in [1.807, 2.05) is 0 Å². The molecule has 0 aliphatic carbocycles. The number of hydrogen-bond donors (Lipinski definition) is 1. The molecule has 1 aromatic heterocycles. The monoisotopic (exact) mass is 446 g/mol. The van der Waals surface area contributed by atoms with Crippen LogP contribution in [0.15, 0.2) is 71.8 Å². The molecule has 2 aromatic carbocycles. The third-order valence-electron chi connectivity index (χ3n) is 4.49. The molecule has 3 aromatic rings. The Morgan fingerprint density at radius 3 is 2.63 bits per heavy atom. The van der Waals surface area contributed by atoms with Crippen molar-refractivity contribution in [1.29, 1.82) is 0 Å². The molecule has 0 unspecified atom stereocenters. The van der Waals surface area contributed by atoms with E-state index >= 15 is 0 Å². The van der Waals surface area contributed by atoms with E-state index in [-0.39, 0.29) is 17.4 Å². The van der Waals surface area contributed by atoms with Gasteiger partial charge in [-0.15, -0.1) is 0 Å². The average molecular weight is 447 g/mol. The predicted molar refractivity (Wildman–Crippen MR) is 112 cm³/mol. The fourth-order valence-corrected chi connectivity index (χ4v) is 4.71. The molecule has 0 fully saturated rings. The highest BCUT2D eigenvalue weighted by Gasteiger charge is 2.38. The van der Waals surface area contributed by atoms with Gasteiger partial charge in [0.25, 0.3) is 0 Å². The second-order valence-corrected chi connectivity index (χ2v) is 8.89. The number of carbonyl (C=O) groups excluding carboxylic acids is 1. The van der Waals surface area contributed by atoms with Crippen LogP contribution in [0.4, 0.5) is 21.6 Å². The number of fused-ring (bicyclic) bond motifs is 1. The molecule has 1 amide bonds. The summed E-state index contributed by atoms with van der Waals surface area (Å²) in [6.45, 7) is -0.616. The van der Waals surface area contributed by atoms with Crippen LogP contribution < -0.4 is 10.2 Å². The van der Waals surface area contributed by atoms with Crippen LogP contribution in [0.1, 0.15) is 0 Å². The van der Waals surface area contributed by atoms with Crippen molar-refractivity contribution in [2.24, 2.45) is 0 Å². The zero-order valence-electron chi connectivity index (χ0n) is 15.5. The number of amides is 1. The highest BCUT2D eigenvalue weighted by atomic mass is 35.5. The molecule has 0 saturated heterocycles. The van der Waals surface area contributed by atoms with Crippen molar-refractivity contribution in [1.82, 2.24) is 9.29 Å². The van der Waals surface area contributed by atoms with Gasteiger partial charge in [0.2, 0.25) is 15.9 Å². The molecule has 0 radical (unpaired) electrons. The molecular weight excluding hydrogens is 431 g/mol. The summed E-state index contributed by atoms with van der Waals surface area (Å²) in [5.74, 6) is -0.810. The molecule has 1 aliphatic heterocycles. The first kappa shape index (κ1) is 20.3. The average Bonchev–Trinajstić information content (AvgIpc) is 2.72. The SMILES string of the molecule is O=C(CN1CN(c2cccc(F)c2)c2ncccc2S1(=O)=O)Nc1ccc(Cl)cc1. The molecular formula is C20H16ClFN4O3S. The van der Waals surface area contributed by atoms with Crippen molar-refractivity contribution in [3.63, 3.8) is 0 Å². The molecule has 7 nitrogen and oxygen atoms in total. The van der Waals surface area contributed by atoms with Gasteiger partial charge in [0.05, 0.1) is 13.2 Å². The minimum absolute atomic E-state index is 0.0557. The van der Waals surface area contributed by atoms with Crippen LogP contribution in [0.2, 0.25) is 5.02 Å². The Kier molecular flexibility index (Phi) is 5.42. The lowest BCUT2D eigenvalue weighted by molar-refractivity contribution is -0.116. The maximum absolute atomic E-state index is 13.8. The van der Waals surface area contributed by atoms with Crippen molar-refractivity contribution >= 4 is 44.7 Å². The number of carbonyl (C=O) groups is 1. The Morgan fingerprint density at radius 1 is 1.13 bits per heavy atom. The lowest BCUT2D eigenvalue weighted by Crippen LogP contribution is -2.47. The van der Waals surface area contributed by atoms with Gasteiger partial charge in [-0.2, -0.15) is 4.31 Å². The Bertz CT molecular complexity index is 1200. The molecule has 1 N–H and O–H groups in total. The molecule has 10 heteroatoms. The number of rotatable bonds is 4. The number of nitrogens with one attached hydrogen (secondary N) is 1. The summed E-state index contributed by atoms with van der Waals surface area (Å²) in [6, 6.07) is 15.1. The van der Waals surface area contributed by atoms with Crippen LogP contribution >= 0.6 is 11.6 Å². The second-order valence-electron chi connectivity index (χ2n) is 6.54. The topological polar surface area (TPSA) is 82.6 Å². The third-order valence-corrected chi connectivity index (χ3v) is 6.54. The molecule has 2 heterocycles. The Morgan fingerprint density at radius 2 is 1.90 bits per heavy atom. The number of halogens is 2. The number of benzene rings is 2. The van der Waals surface area contributed by atoms with Gasteiger partial charge >= 0.3 is 0 Å². The minimum atomic E-state index is -3.97. The number of anilines is 3. The van der Waals surface area contributed by atoms with Crippen molar-refractivity contribution < 1.29 is 17.6 Å². The van der Waals surface area contributed by atoms with Crippen molar-refractivity contribution in [2.75, 3.05) is 23.4 Å². The Hall–Kier alpha value is -3.01. The number of sulfonamides is 1. The van der Waals surface area contributed by atoms with E-state index in [0.29, 0.717) is 16.4 Å². The van der Waals surface area contributed by atoms with Crippen LogP contribution in [-0.4, -0.2) is 36.8 Å². The minimum Gasteiger partial charge on any atom is -0.325 e. The van der Waals surface area contributed by atoms with Gasteiger partial charge in [0, 0.05) is 22.6 Å². The molecule has 0 atom stereocenters. The van der Waals surface area contributed by atoms with Crippen LogP contribution in [-0.2, 0) is 14.8 Å². The van der Waals surface area contributed by atoms with Crippen LogP contribution in [0.3, 0.4) is 0 Å². The molecule has 4 rings (SSSR count). The van der Waals surface area contributed by atoms with Crippen LogP contribution in [0.5, 0.6) is 0 Å². The summed E-state index contributed by atoms with van der Waals surface area (Å²) in [5, 5.41) is 3.16. The van der Waals surface area contributed by atoms with E-state index in [9.17, 15) is 17.6 Å². The number of nitrogens with zero attached hydrogens (tertiary/aromatic N) is 3. The van der Waals surface area contributed by atoms with Crippen LogP contribution in [0, 0.1) is 5.82 Å². The summed E-state index contributed by atoms with van der Waals surface area (Å²) < 4.78 is 40.9. The Balaban J connectivity index is 1.65. The first-order valence-electron chi connectivity index (χ1n) is 8.88. The van der Waals surface area contributed by atoms with E-state index in [1.54, 1.807) is 35.2 Å². The summed E-state index contributed by atoms with van der Waals surface area (Å²) in [4.78, 5) is 18.2. The first-order chi connectivity index (χ1) is 14.3. The van der Waals surface area contributed by atoms with Gasteiger partial charge in [0.1, 0.15) is 10.7 Å². The molecule has 0 bridgehead atoms. The van der Waals surface area contributed by atoms with E-state index in [4.69, 9.17) is 11.6 Å². The predicted octanol–water partition coefficient (Wildman–Crippen LogP) is 3.61. The highest BCUT2D eigenvalue weighted by Crippen LogP contribution is 2.36. The Labute approximate surface area is 177 Å². The standard InChI is InChI=1S/C20H16ClFN4O3S/c21-14-6-8-16(9-7-14)24-19(27)12-25-13-26(17-4-1-3-15(22)11-17)20-18(30(25,28)29)5-2-10-23-20/h1-11H,12-13H2,(H,24,27). The highest BCUT2D eigenvalue weighted by molar-refractivity contribution is 7.89. The van der Waals surface area contributed by atoms with Gasteiger partial charge in [-0.3, -0.25) is 4.79 Å². The summed E-state index contributed by atoms with van der Waals surface area (Å²) >= 11 is 5.84. The maximum atomic E-state index is 13.8. The van der Waals surface area contributed by atoms with Crippen molar-refractivity contribution in [3.05, 3.63) is 77.7 Å². The second kappa shape index (κ2) is 8.02. The number of hydrogen-bond acceptors (Lipinski definition) is 5. The molecule has 0 spiro atoms. The summed E-state index contributed by atoms with van der Waals surface area (Å²) in [7, 11) is -3.97. The van der Waals surface area contributed by atoms with E-state index in [1.165, 1.54) is 36.5 Å². The molecule has 30 heavy (non-hydrogen) atoms. The van der Waals surface area contributed by atoms with Gasteiger partial charge in [-0.25, -0.2) is 17.8 Å². The molecule has 1 aliphatic rings. The lowest BCUT2D eigenvalue weighted by Gasteiger charge is -2.36. The maximum Gasteiger partial charge on any atom is 0.248 e. The summed E-state index contributed by atoms with van der Waals surface area (Å²) in [6.07, 6.45) is 1.46. The largest absolute Gasteiger partial charge is 0.325 e. The number of aromatic nitrogens is 1. The molecule has 0 saturated carbocycles. The van der Waals surface area contributed by atoms with E-state index in [0.717, 1.165) is 4.31 Å². The normalized spacial score (nSPS) is 15.5. The molecule has 154 valence electrons. The third kappa shape index (κ3) is 4.00. The fourth-order valence-electron chi connectivity index (χ4n) is 3.10. The lowest BCUT2D eigenvalue weighted by atomic mass is 10.2. The van der Waals surface area contributed by atoms with Crippen molar-refractivity contribution in [2.45, 2.75) is 4.90 Å². The van der Waals surface area contributed by atoms with Gasteiger partial charge in [0.15, 0.2) is 5.82 Å². The first-order valence-corrected chi connectivity index (χ1v) is 10.7. The van der Waals surface area contributed by atoms with Gasteiger partial charge in [-0.1, -0.05) is 17.7 Å².